The molecule has 7 heteroatoms. The molecule has 6 nitrogen and oxygen atoms in total. The second kappa shape index (κ2) is 9.13. The van der Waals surface area contributed by atoms with Gasteiger partial charge in [0.25, 0.3) is 0 Å². The van der Waals surface area contributed by atoms with Gasteiger partial charge < -0.3 is 10.1 Å². The topological polar surface area (TPSA) is 71.0 Å². The van der Waals surface area contributed by atoms with Gasteiger partial charge in [0.15, 0.2) is 5.17 Å². The highest BCUT2D eigenvalue weighted by Crippen LogP contribution is 2.30. The highest BCUT2D eigenvalue weighted by atomic mass is 32.2. The Morgan fingerprint density at radius 3 is 2.72 bits per heavy atom. The number of aryl methyl sites for hydroxylation is 2. The van der Waals surface area contributed by atoms with Crippen molar-refractivity contribution >= 4 is 40.1 Å². The molecule has 2 aromatic rings. The number of benzene rings is 2. The molecule has 3 rings (SSSR count). The van der Waals surface area contributed by atoms with Gasteiger partial charge in [0.05, 0.1) is 12.8 Å². The average molecular weight is 412 g/mol. The van der Waals surface area contributed by atoms with Gasteiger partial charge in [-0.3, -0.25) is 14.5 Å². The SMILES string of the molecule is CCN1C(=O)CC(C(=O)Nc2cccc(OC)c2)SC1=Nc1ccc(C)c(C)c1. The van der Waals surface area contributed by atoms with Crippen LogP contribution in [0.3, 0.4) is 0 Å². The zero-order valence-electron chi connectivity index (χ0n) is 17.1. The van der Waals surface area contributed by atoms with Gasteiger partial charge in [-0.1, -0.05) is 23.9 Å². The number of hydrogen-bond acceptors (Lipinski definition) is 5. The lowest BCUT2D eigenvalue weighted by molar-refractivity contribution is -0.129. The molecule has 0 spiro atoms. The Bertz CT molecular complexity index is 958. The number of rotatable bonds is 5. The summed E-state index contributed by atoms with van der Waals surface area (Å²) in [4.78, 5) is 31.8. The molecule has 2 aromatic carbocycles. The van der Waals surface area contributed by atoms with Crippen LogP contribution in [0.15, 0.2) is 47.5 Å². The number of thioether (sulfide) groups is 1. The van der Waals surface area contributed by atoms with E-state index in [1.54, 1.807) is 30.2 Å². The normalized spacial score (nSPS) is 18.1. The van der Waals surface area contributed by atoms with Crippen molar-refractivity contribution in [3.8, 4) is 5.75 Å². The first-order valence-electron chi connectivity index (χ1n) is 9.49. The van der Waals surface area contributed by atoms with Crippen molar-refractivity contribution in [2.75, 3.05) is 19.0 Å². The maximum atomic E-state index is 12.8. The van der Waals surface area contributed by atoms with Gasteiger partial charge in [0.1, 0.15) is 11.0 Å². The van der Waals surface area contributed by atoms with Crippen LogP contribution in [0.25, 0.3) is 0 Å². The van der Waals surface area contributed by atoms with Crippen LogP contribution in [-0.4, -0.2) is 40.8 Å². The number of ether oxygens (including phenoxy) is 1. The fourth-order valence-electron chi connectivity index (χ4n) is 2.98. The Labute approximate surface area is 175 Å². The number of nitrogens with one attached hydrogen (secondary N) is 1. The van der Waals surface area contributed by atoms with E-state index >= 15 is 0 Å². The molecule has 0 aliphatic carbocycles. The zero-order valence-corrected chi connectivity index (χ0v) is 17.9. The van der Waals surface area contributed by atoms with E-state index < -0.39 is 5.25 Å². The molecule has 0 radical (unpaired) electrons. The molecule has 1 unspecified atom stereocenters. The summed E-state index contributed by atoms with van der Waals surface area (Å²) in [5.41, 5.74) is 3.72. The summed E-state index contributed by atoms with van der Waals surface area (Å²) >= 11 is 1.32. The van der Waals surface area contributed by atoms with E-state index in [2.05, 4.69) is 10.3 Å². The number of aliphatic imine (C=N–C) groups is 1. The summed E-state index contributed by atoms with van der Waals surface area (Å²) in [7, 11) is 1.57. The van der Waals surface area contributed by atoms with E-state index in [9.17, 15) is 9.59 Å². The molecule has 29 heavy (non-hydrogen) atoms. The van der Waals surface area contributed by atoms with Crippen molar-refractivity contribution in [1.82, 2.24) is 4.90 Å². The average Bonchev–Trinajstić information content (AvgIpc) is 2.70. The van der Waals surface area contributed by atoms with Gasteiger partial charge >= 0.3 is 0 Å². The van der Waals surface area contributed by atoms with Crippen LogP contribution in [0.2, 0.25) is 0 Å². The van der Waals surface area contributed by atoms with E-state index in [0.29, 0.717) is 23.1 Å². The summed E-state index contributed by atoms with van der Waals surface area (Å²) in [5.74, 6) is 0.337. The Kier molecular flexibility index (Phi) is 6.59. The zero-order chi connectivity index (χ0) is 21.0. The lowest BCUT2D eigenvalue weighted by Crippen LogP contribution is -2.45. The number of amidine groups is 1. The Balaban J connectivity index is 1.82. The van der Waals surface area contributed by atoms with Crippen LogP contribution in [0.5, 0.6) is 5.75 Å². The highest BCUT2D eigenvalue weighted by molar-refractivity contribution is 8.15. The Hall–Kier alpha value is -2.80. The van der Waals surface area contributed by atoms with E-state index in [1.807, 2.05) is 45.0 Å². The van der Waals surface area contributed by atoms with E-state index in [1.165, 1.54) is 17.3 Å². The van der Waals surface area contributed by atoms with Crippen LogP contribution < -0.4 is 10.1 Å². The third-order valence-electron chi connectivity index (χ3n) is 4.80. The third-order valence-corrected chi connectivity index (χ3v) is 5.99. The molecular weight excluding hydrogens is 386 g/mol. The first-order chi connectivity index (χ1) is 13.9. The third kappa shape index (κ3) is 4.98. The number of nitrogens with zero attached hydrogens (tertiary/aromatic N) is 2. The van der Waals surface area contributed by atoms with Crippen LogP contribution in [-0.2, 0) is 9.59 Å². The Morgan fingerprint density at radius 1 is 1.24 bits per heavy atom. The molecule has 0 aromatic heterocycles. The first kappa shape index (κ1) is 20.9. The molecule has 1 aliphatic rings. The smallest absolute Gasteiger partial charge is 0.238 e. The molecule has 1 fully saturated rings. The van der Waals surface area contributed by atoms with Gasteiger partial charge in [-0.05, 0) is 56.2 Å². The Morgan fingerprint density at radius 2 is 2.03 bits per heavy atom. The molecule has 0 saturated carbocycles. The number of carbonyl (C=O) groups excluding carboxylic acids is 2. The number of amides is 2. The number of hydrogen-bond donors (Lipinski definition) is 1. The minimum absolute atomic E-state index is 0.0976. The number of methoxy groups -OCH3 is 1. The first-order valence-corrected chi connectivity index (χ1v) is 10.4. The molecular formula is C22H25N3O3S. The summed E-state index contributed by atoms with van der Waals surface area (Å²) < 4.78 is 5.19. The minimum atomic E-state index is -0.540. The monoisotopic (exact) mass is 411 g/mol. The van der Waals surface area contributed by atoms with Crippen molar-refractivity contribution < 1.29 is 14.3 Å². The van der Waals surface area contributed by atoms with Crippen LogP contribution in [0, 0.1) is 13.8 Å². The van der Waals surface area contributed by atoms with Crippen molar-refractivity contribution in [2.45, 2.75) is 32.4 Å². The second-order valence-corrected chi connectivity index (χ2v) is 8.00. The van der Waals surface area contributed by atoms with Gasteiger partial charge in [0.2, 0.25) is 11.8 Å². The van der Waals surface area contributed by atoms with Gasteiger partial charge in [-0.15, -0.1) is 0 Å². The maximum Gasteiger partial charge on any atom is 0.238 e. The van der Waals surface area contributed by atoms with E-state index in [-0.39, 0.29) is 18.2 Å². The number of carbonyl (C=O) groups is 2. The highest BCUT2D eigenvalue weighted by Gasteiger charge is 2.35. The summed E-state index contributed by atoms with van der Waals surface area (Å²) in [6.07, 6.45) is 0.139. The molecule has 1 N–H and O–H groups in total. The predicted molar refractivity (Wildman–Crippen MR) is 118 cm³/mol. The summed E-state index contributed by atoms with van der Waals surface area (Å²) in [6, 6.07) is 13.1. The van der Waals surface area contributed by atoms with Crippen molar-refractivity contribution in [2.24, 2.45) is 4.99 Å². The van der Waals surface area contributed by atoms with Crippen molar-refractivity contribution in [1.29, 1.82) is 0 Å². The molecule has 1 atom stereocenters. The van der Waals surface area contributed by atoms with Crippen molar-refractivity contribution in [3.05, 3.63) is 53.6 Å². The standard InChI is InChI=1S/C22H25N3O3S/c1-5-25-20(26)13-19(21(27)23-16-7-6-8-18(12-16)28-4)29-22(25)24-17-10-9-14(2)15(3)11-17/h6-12,19H,5,13H2,1-4H3,(H,23,27). The lowest BCUT2D eigenvalue weighted by atomic mass is 10.1. The molecule has 152 valence electrons. The van der Waals surface area contributed by atoms with E-state index in [4.69, 9.17) is 4.74 Å². The van der Waals surface area contributed by atoms with Gasteiger partial charge in [0, 0.05) is 24.7 Å². The van der Waals surface area contributed by atoms with Crippen LogP contribution in [0.1, 0.15) is 24.5 Å². The molecule has 0 bridgehead atoms. The molecule has 2 amide bonds. The molecule has 1 heterocycles. The quantitative estimate of drug-likeness (QED) is 0.797. The molecule has 1 saturated heterocycles. The fraction of sp³-hybridized carbons (Fsp3) is 0.318. The predicted octanol–water partition coefficient (Wildman–Crippen LogP) is 4.29. The largest absolute Gasteiger partial charge is 0.497 e. The summed E-state index contributed by atoms with van der Waals surface area (Å²) in [6.45, 7) is 6.49. The van der Waals surface area contributed by atoms with Crippen molar-refractivity contribution in [3.63, 3.8) is 0 Å². The lowest BCUT2D eigenvalue weighted by Gasteiger charge is -2.31. The summed E-state index contributed by atoms with van der Waals surface area (Å²) in [5, 5.41) is 2.89. The van der Waals surface area contributed by atoms with E-state index in [0.717, 1.165) is 11.3 Å². The van der Waals surface area contributed by atoms with Gasteiger partial charge in [-0.25, -0.2) is 4.99 Å². The van der Waals surface area contributed by atoms with Gasteiger partial charge in [-0.2, -0.15) is 0 Å². The second-order valence-electron chi connectivity index (χ2n) is 6.83. The maximum absolute atomic E-state index is 12.8. The molecule has 1 aliphatic heterocycles. The number of anilines is 1. The minimum Gasteiger partial charge on any atom is -0.497 e. The fourth-order valence-corrected chi connectivity index (χ4v) is 4.14. The van der Waals surface area contributed by atoms with Crippen LogP contribution >= 0.6 is 11.8 Å². The van der Waals surface area contributed by atoms with Crippen LogP contribution in [0.4, 0.5) is 11.4 Å².